The van der Waals surface area contributed by atoms with Crippen LogP contribution in [0.2, 0.25) is 0 Å². The minimum absolute atomic E-state index is 0.600. The lowest BCUT2D eigenvalue weighted by Gasteiger charge is -2.25. The van der Waals surface area contributed by atoms with Gasteiger partial charge in [0.1, 0.15) is 0 Å². The molecule has 1 aliphatic heterocycles. The summed E-state index contributed by atoms with van der Waals surface area (Å²) in [6.07, 6.45) is 1.95. The second-order valence-electron chi connectivity index (χ2n) is 2.97. The first-order valence-electron chi connectivity index (χ1n) is 3.86. The summed E-state index contributed by atoms with van der Waals surface area (Å²) in [4.78, 5) is 4.23. The van der Waals surface area contributed by atoms with Gasteiger partial charge in [-0.2, -0.15) is 0 Å². The van der Waals surface area contributed by atoms with Crippen molar-refractivity contribution in [2.24, 2.45) is 0 Å². The van der Waals surface area contributed by atoms with E-state index in [1.807, 2.05) is 19.2 Å². The Labute approximate surface area is 66.2 Å². The van der Waals surface area contributed by atoms with Gasteiger partial charge in [0.25, 0.3) is 0 Å². The molecule has 2 heteroatoms. The second kappa shape index (κ2) is 2.62. The number of pyridine rings is 1. The lowest BCUT2D eigenvalue weighted by molar-refractivity contribution is 0.00828. The zero-order valence-corrected chi connectivity index (χ0v) is 6.58. The molecule has 0 spiro atoms. The van der Waals surface area contributed by atoms with Gasteiger partial charge in [-0.25, -0.2) is 0 Å². The molecule has 0 atom stereocenters. The lowest BCUT2D eigenvalue weighted by Crippen LogP contribution is -2.25. The fourth-order valence-electron chi connectivity index (χ4n) is 1.15. The third-order valence-electron chi connectivity index (χ3n) is 2.04. The number of rotatable bonds is 1. The van der Waals surface area contributed by atoms with E-state index < -0.39 is 0 Å². The first kappa shape index (κ1) is 6.80. The van der Waals surface area contributed by atoms with Gasteiger partial charge in [0.2, 0.25) is 0 Å². The predicted molar refractivity (Wildman–Crippen MR) is 42.5 cm³/mol. The van der Waals surface area contributed by atoms with Crippen molar-refractivity contribution in [2.75, 3.05) is 13.2 Å². The predicted octanol–water partition coefficient (Wildman–Crippen LogP) is 1.50. The molecular formula is C9H11NO. The van der Waals surface area contributed by atoms with Gasteiger partial charge in [-0.15, -0.1) is 0 Å². The van der Waals surface area contributed by atoms with Gasteiger partial charge in [-0.05, 0) is 18.6 Å². The molecule has 2 rings (SSSR count). The largest absolute Gasteiger partial charge is 0.380 e. The zero-order valence-electron chi connectivity index (χ0n) is 6.58. The van der Waals surface area contributed by atoms with Crippen molar-refractivity contribution in [1.29, 1.82) is 0 Å². The van der Waals surface area contributed by atoms with Gasteiger partial charge in [0.15, 0.2) is 0 Å². The average molecular weight is 149 g/mol. The third-order valence-corrected chi connectivity index (χ3v) is 2.04. The number of aromatic nitrogens is 1. The maximum Gasteiger partial charge on any atom is 0.0557 e. The molecule has 0 N–H and O–H groups in total. The fraction of sp³-hybridized carbons (Fsp3) is 0.444. The number of hydrogen-bond donors (Lipinski definition) is 0. The zero-order chi connectivity index (χ0) is 7.68. The molecule has 1 saturated heterocycles. The van der Waals surface area contributed by atoms with E-state index in [1.165, 1.54) is 5.56 Å². The minimum Gasteiger partial charge on any atom is -0.380 e. The van der Waals surface area contributed by atoms with E-state index in [9.17, 15) is 0 Å². The molecule has 2 heterocycles. The Bertz CT molecular complexity index is 238. The average Bonchev–Trinajstić information content (AvgIpc) is 1.90. The molecule has 58 valence electrons. The second-order valence-corrected chi connectivity index (χ2v) is 2.97. The van der Waals surface area contributed by atoms with Crippen LogP contribution in [0, 0.1) is 6.92 Å². The number of nitrogens with zero attached hydrogens (tertiary/aromatic N) is 1. The Morgan fingerprint density at radius 1 is 1.45 bits per heavy atom. The van der Waals surface area contributed by atoms with Crippen molar-refractivity contribution < 1.29 is 4.74 Å². The summed E-state index contributed by atoms with van der Waals surface area (Å²) in [6.45, 7) is 3.73. The van der Waals surface area contributed by atoms with Crippen LogP contribution in [0.25, 0.3) is 0 Å². The van der Waals surface area contributed by atoms with Gasteiger partial charge >= 0.3 is 0 Å². The van der Waals surface area contributed by atoms with Gasteiger partial charge < -0.3 is 4.74 Å². The van der Waals surface area contributed by atoms with Crippen molar-refractivity contribution >= 4 is 0 Å². The summed E-state index contributed by atoms with van der Waals surface area (Å²) in [6, 6.07) is 4.18. The maximum absolute atomic E-state index is 5.09. The monoisotopic (exact) mass is 149 g/mol. The number of ether oxygens (including phenoxy) is 1. The highest BCUT2D eigenvalue weighted by Crippen LogP contribution is 2.22. The molecule has 0 radical (unpaired) electrons. The lowest BCUT2D eigenvalue weighted by atomic mass is 9.99. The molecule has 2 nitrogen and oxygen atoms in total. The third kappa shape index (κ3) is 1.26. The van der Waals surface area contributed by atoms with E-state index in [1.54, 1.807) is 0 Å². The first-order valence-corrected chi connectivity index (χ1v) is 3.86. The Hall–Kier alpha value is -0.890. The van der Waals surface area contributed by atoms with Crippen LogP contribution in [0.5, 0.6) is 0 Å². The van der Waals surface area contributed by atoms with E-state index >= 15 is 0 Å². The summed E-state index contributed by atoms with van der Waals surface area (Å²) in [7, 11) is 0. The molecule has 0 amide bonds. The molecule has 1 aromatic heterocycles. The van der Waals surface area contributed by atoms with Crippen LogP contribution in [-0.4, -0.2) is 18.2 Å². The van der Waals surface area contributed by atoms with Crippen molar-refractivity contribution in [3.63, 3.8) is 0 Å². The van der Waals surface area contributed by atoms with E-state index in [0.717, 1.165) is 18.9 Å². The summed E-state index contributed by atoms with van der Waals surface area (Å²) in [5.41, 5.74) is 2.39. The van der Waals surface area contributed by atoms with Crippen molar-refractivity contribution in [2.45, 2.75) is 12.8 Å². The van der Waals surface area contributed by atoms with Crippen LogP contribution in [-0.2, 0) is 4.74 Å². The van der Waals surface area contributed by atoms with Gasteiger partial charge in [0, 0.05) is 17.8 Å². The summed E-state index contributed by atoms with van der Waals surface area (Å²) in [5, 5.41) is 0. The molecule has 11 heavy (non-hydrogen) atoms. The molecule has 0 bridgehead atoms. The molecule has 1 fully saturated rings. The standard InChI is InChI=1S/C9H11NO/c1-7-2-3-8(4-10-7)9-5-11-6-9/h2-4,9H,5-6H2,1H3. The van der Waals surface area contributed by atoms with Crippen molar-refractivity contribution in [3.05, 3.63) is 29.6 Å². The van der Waals surface area contributed by atoms with E-state index in [0.29, 0.717) is 5.92 Å². The smallest absolute Gasteiger partial charge is 0.0557 e. The number of aryl methyl sites for hydroxylation is 1. The molecule has 0 unspecified atom stereocenters. The first-order chi connectivity index (χ1) is 5.36. The van der Waals surface area contributed by atoms with Gasteiger partial charge in [-0.1, -0.05) is 6.07 Å². The fourth-order valence-corrected chi connectivity index (χ4v) is 1.15. The van der Waals surface area contributed by atoms with Crippen LogP contribution < -0.4 is 0 Å². The summed E-state index contributed by atoms with van der Waals surface area (Å²) < 4.78 is 5.09. The van der Waals surface area contributed by atoms with Gasteiger partial charge in [0.05, 0.1) is 13.2 Å². The van der Waals surface area contributed by atoms with E-state index in [2.05, 4.69) is 11.1 Å². The quantitative estimate of drug-likeness (QED) is 0.603. The highest BCUT2D eigenvalue weighted by Gasteiger charge is 2.20. The topological polar surface area (TPSA) is 22.1 Å². The highest BCUT2D eigenvalue weighted by atomic mass is 16.5. The van der Waals surface area contributed by atoms with Crippen molar-refractivity contribution in [1.82, 2.24) is 4.98 Å². The Kier molecular flexibility index (Phi) is 1.62. The SMILES string of the molecule is Cc1ccc(C2COC2)cn1. The van der Waals surface area contributed by atoms with Crippen LogP contribution in [0.15, 0.2) is 18.3 Å². The van der Waals surface area contributed by atoms with Crippen LogP contribution in [0.1, 0.15) is 17.2 Å². The van der Waals surface area contributed by atoms with Crippen molar-refractivity contribution in [3.8, 4) is 0 Å². The molecule has 0 saturated carbocycles. The summed E-state index contributed by atoms with van der Waals surface area (Å²) >= 11 is 0. The van der Waals surface area contributed by atoms with E-state index in [-0.39, 0.29) is 0 Å². The van der Waals surface area contributed by atoms with Gasteiger partial charge in [-0.3, -0.25) is 4.98 Å². The Balaban J connectivity index is 2.18. The van der Waals surface area contributed by atoms with Crippen LogP contribution in [0.3, 0.4) is 0 Å². The minimum atomic E-state index is 0.600. The molecule has 1 aromatic rings. The Morgan fingerprint density at radius 2 is 2.27 bits per heavy atom. The molecule has 0 aliphatic carbocycles. The van der Waals surface area contributed by atoms with E-state index in [4.69, 9.17) is 4.74 Å². The van der Waals surface area contributed by atoms with Crippen LogP contribution in [0.4, 0.5) is 0 Å². The van der Waals surface area contributed by atoms with Crippen LogP contribution >= 0.6 is 0 Å². The molecule has 1 aliphatic rings. The molecule has 0 aromatic carbocycles. The maximum atomic E-state index is 5.09. The molecular weight excluding hydrogens is 138 g/mol. The summed E-state index contributed by atoms with van der Waals surface area (Å²) in [5.74, 6) is 0.600. The highest BCUT2D eigenvalue weighted by molar-refractivity contribution is 5.19. The Morgan fingerprint density at radius 3 is 2.73 bits per heavy atom. The number of hydrogen-bond acceptors (Lipinski definition) is 2. The normalized spacial score (nSPS) is 17.9.